The largest absolute Gasteiger partial charge is 0.508 e. The summed E-state index contributed by atoms with van der Waals surface area (Å²) in [5.74, 6) is 1.01. The minimum atomic E-state index is 0.194. The van der Waals surface area contributed by atoms with Crippen LogP contribution in [0.3, 0.4) is 0 Å². The van der Waals surface area contributed by atoms with Crippen LogP contribution in [0.25, 0.3) is 0 Å². The van der Waals surface area contributed by atoms with Crippen LogP contribution in [0.5, 0.6) is 5.75 Å². The Balaban J connectivity index is 2.01. The Hall–Kier alpha value is -1.02. The number of nitrogens with zero attached hydrogens (tertiary/aromatic N) is 1. The van der Waals surface area contributed by atoms with Gasteiger partial charge in [0.1, 0.15) is 5.75 Å². The summed E-state index contributed by atoms with van der Waals surface area (Å²) in [5.41, 5.74) is 1.48. The van der Waals surface area contributed by atoms with Crippen LogP contribution in [0.15, 0.2) is 24.3 Å². The Bertz CT molecular complexity index is 431. The maximum atomic E-state index is 9.73. The van der Waals surface area contributed by atoms with Gasteiger partial charge >= 0.3 is 0 Å². The van der Waals surface area contributed by atoms with Gasteiger partial charge in [0.2, 0.25) is 0 Å². The fourth-order valence-electron chi connectivity index (χ4n) is 3.40. The van der Waals surface area contributed by atoms with Crippen LogP contribution in [-0.4, -0.2) is 29.6 Å². The highest BCUT2D eigenvalue weighted by Gasteiger charge is 2.37. The fraction of sp³-hybridized carbons (Fsp3) is 0.667. The van der Waals surface area contributed by atoms with Gasteiger partial charge in [-0.1, -0.05) is 45.7 Å². The molecule has 2 nitrogen and oxygen atoms in total. The van der Waals surface area contributed by atoms with Gasteiger partial charge in [-0.25, -0.2) is 0 Å². The highest BCUT2D eigenvalue weighted by molar-refractivity contribution is 5.33. The zero-order valence-corrected chi connectivity index (χ0v) is 13.2. The minimum absolute atomic E-state index is 0.194. The first-order valence-corrected chi connectivity index (χ1v) is 8.08. The second-order valence-corrected chi connectivity index (χ2v) is 6.63. The molecule has 2 rings (SSSR count). The van der Waals surface area contributed by atoms with Crippen molar-refractivity contribution in [3.63, 3.8) is 0 Å². The third-order valence-corrected chi connectivity index (χ3v) is 5.15. The smallest absolute Gasteiger partial charge is 0.115 e. The molecule has 2 atom stereocenters. The average Bonchev–Trinajstić information content (AvgIpc) is 2.43. The van der Waals surface area contributed by atoms with E-state index in [1.165, 1.54) is 50.9 Å². The van der Waals surface area contributed by atoms with Gasteiger partial charge < -0.3 is 10.0 Å². The molecular weight excluding hydrogens is 246 g/mol. The van der Waals surface area contributed by atoms with Crippen molar-refractivity contribution >= 4 is 0 Å². The fourth-order valence-corrected chi connectivity index (χ4v) is 3.40. The van der Waals surface area contributed by atoms with Crippen LogP contribution in [0.2, 0.25) is 0 Å². The molecule has 1 aliphatic heterocycles. The molecule has 0 aliphatic carbocycles. The standard InChI is InChI=1S/C18H29NO/c1-4-5-6-11-19-12-10-18(3,15(2)14-19)16-8-7-9-17(20)13-16/h7-9,13,15,20H,4-6,10-12,14H2,1-3H3/t15-,18+/m0/s1. The number of hydrogen-bond donors (Lipinski definition) is 1. The summed E-state index contributed by atoms with van der Waals surface area (Å²) < 4.78 is 0. The number of piperidine rings is 1. The van der Waals surface area contributed by atoms with Crippen molar-refractivity contribution in [2.75, 3.05) is 19.6 Å². The average molecular weight is 275 g/mol. The molecule has 1 aliphatic rings. The Kier molecular flexibility index (Phi) is 5.09. The van der Waals surface area contributed by atoms with Crippen molar-refractivity contribution < 1.29 is 5.11 Å². The van der Waals surface area contributed by atoms with E-state index in [-0.39, 0.29) is 5.41 Å². The lowest BCUT2D eigenvalue weighted by Gasteiger charge is -2.45. The van der Waals surface area contributed by atoms with Crippen molar-refractivity contribution in [1.82, 2.24) is 4.90 Å². The predicted molar refractivity (Wildman–Crippen MR) is 85.2 cm³/mol. The van der Waals surface area contributed by atoms with Gasteiger partial charge in [-0.05, 0) is 55.0 Å². The van der Waals surface area contributed by atoms with E-state index in [0.717, 1.165) is 0 Å². The number of hydrogen-bond acceptors (Lipinski definition) is 2. The highest BCUT2D eigenvalue weighted by atomic mass is 16.3. The van der Waals surface area contributed by atoms with E-state index in [1.54, 1.807) is 6.07 Å². The first-order valence-electron chi connectivity index (χ1n) is 8.08. The molecule has 0 radical (unpaired) electrons. The second kappa shape index (κ2) is 6.62. The molecule has 0 amide bonds. The Labute approximate surface area is 123 Å². The van der Waals surface area contributed by atoms with E-state index >= 15 is 0 Å². The van der Waals surface area contributed by atoms with Gasteiger partial charge in [-0.2, -0.15) is 0 Å². The van der Waals surface area contributed by atoms with Crippen molar-refractivity contribution in [2.24, 2.45) is 5.92 Å². The molecule has 0 unspecified atom stereocenters. The summed E-state index contributed by atoms with van der Waals surface area (Å²) >= 11 is 0. The number of likely N-dealkylation sites (tertiary alicyclic amines) is 1. The van der Waals surface area contributed by atoms with E-state index in [0.29, 0.717) is 11.7 Å². The molecule has 112 valence electrons. The first kappa shape index (κ1) is 15.4. The third-order valence-electron chi connectivity index (χ3n) is 5.15. The molecule has 0 aromatic heterocycles. The second-order valence-electron chi connectivity index (χ2n) is 6.63. The molecular formula is C18H29NO. The van der Waals surface area contributed by atoms with Crippen molar-refractivity contribution in [2.45, 2.75) is 51.9 Å². The summed E-state index contributed by atoms with van der Waals surface area (Å²) in [6, 6.07) is 7.85. The summed E-state index contributed by atoms with van der Waals surface area (Å²) in [5, 5.41) is 9.73. The molecule has 0 spiro atoms. The van der Waals surface area contributed by atoms with Crippen LogP contribution >= 0.6 is 0 Å². The molecule has 1 heterocycles. The number of phenols is 1. The number of unbranched alkanes of at least 4 members (excludes halogenated alkanes) is 2. The Morgan fingerprint density at radius 2 is 2.15 bits per heavy atom. The molecule has 0 saturated carbocycles. The van der Waals surface area contributed by atoms with Gasteiger partial charge in [0.25, 0.3) is 0 Å². The normalized spacial score (nSPS) is 27.6. The van der Waals surface area contributed by atoms with Crippen LogP contribution in [0.1, 0.15) is 52.0 Å². The van der Waals surface area contributed by atoms with E-state index in [2.05, 4.69) is 31.7 Å². The lowest BCUT2D eigenvalue weighted by molar-refractivity contribution is 0.109. The topological polar surface area (TPSA) is 23.5 Å². The maximum Gasteiger partial charge on any atom is 0.115 e. The molecule has 20 heavy (non-hydrogen) atoms. The van der Waals surface area contributed by atoms with Gasteiger partial charge in [-0.3, -0.25) is 0 Å². The number of phenolic OH excluding ortho intramolecular Hbond substituents is 1. The maximum absolute atomic E-state index is 9.73. The SMILES string of the molecule is CCCCCN1CC[C@@](C)(c2cccc(O)c2)[C@@H](C)C1. The lowest BCUT2D eigenvalue weighted by Crippen LogP contribution is -2.47. The molecule has 0 bridgehead atoms. The number of rotatable bonds is 5. The van der Waals surface area contributed by atoms with Gasteiger partial charge in [0.15, 0.2) is 0 Å². The van der Waals surface area contributed by atoms with E-state index in [9.17, 15) is 5.11 Å². The molecule has 1 saturated heterocycles. The highest BCUT2D eigenvalue weighted by Crippen LogP contribution is 2.40. The van der Waals surface area contributed by atoms with E-state index < -0.39 is 0 Å². The van der Waals surface area contributed by atoms with Crippen molar-refractivity contribution in [3.8, 4) is 5.75 Å². The van der Waals surface area contributed by atoms with Gasteiger partial charge in [0, 0.05) is 6.54 Å². The molecule has 1 N–H and O–H groups in total. The molecule has 1 aromatic rings. The first-order chi connectivity index (χ1) is 9.56. The van der Waals surface area contributed by atoms with Gasteiger partial charge in [-0.15, -0.1) is 0 Å². The Morgan fingerprint density at radius 3 is 2.80 bits per heavy atom. The van der Waals surface area contributed by atoms with Gasteiger partial charge in [0.05, 0.1) is 0 Å². The third kappa shape index (κ3) is 3.35. The van der Waals surface area contributed by atoms with Crippen LogP contribution < -0.4 is 0 Å². The summed E-state index contributed by atoms with van der Waals surface area (Å²) in [7, 11) is 0. The zero-order chi connectivity index (χ0) is 14.6. The lowest BCUT2D eigenvalue weighted by atomic mass is 9.68. The van der Waals surface area contributed by atoms with Crippen LogP contribution in [0, 0.1) is 5.92 Å². The Morgan fingerprint density at radius 1 is 1.35 bits per heavy atom. The van der Waals surface area contributed by atoms with Crippen molar-refractivity contribution in [1.29, 1.82) is 0 Å². The monoisotopic (exact) mass is 275 g/mol. The molecule has 2 heteroatoms. The van der Waals surface area contributed by atoms with Crippen LogP contribution in [0.4, 0.5) is 0 Å². The van der Waals surface area contributed by atoms with E-state index in [1.807, 2.05) is 12.1 Å². The quantitative estimate of drug-likeness (QED) is 0.815. The predicted octanol–water partition coefficient (Wildman–Crippen LogP) is 4.18. The number of aromatic hydroxyl groups is 1. The zero-order valence-electron chi connectivity index (χ0n) is 13.2. The summed E-state index contributed by atoms with van der Waals surface area (Å²) in [4.78, 5) is 2.62. The number of benzene rings is 1. The minimum Gasteiger partial charge on any atom is -0.508 e. The summed E-state index contributed by atoms with van der Waals surface area (Å²) in [6.07, 6.45) is 5.15. The summed E-state index contributed by atoms with van der Waals surface area (Å²) in [6.45, 7) is 10.6. The van der Waals surface area contributed by atoms with Crippen molar-refractivity contribution in [3.05, 3.63) is 29.8 Å². The molecule has 1 aromatic carbocycles. The van der Waals surface area contributed by atoms with E-state index in [4.69, 9.17) is 0 Å². The molecule has 1 fully saturated rings. The van der Waals surface area contributed by atoms with Crippen LogP contribution in [-0.2, 0) is 5.41 Å².